The number of nitrogens with one attached hydrogen (secondary N) is 1. The molecule has 3 N–H and O–H groups in total. The second kappa shape index (κ2) is 7.64. The number of piperidine rings is 1. The molecule has 7 heteroatoms. The fourth-order valence-electron chi connectivity index (χ4n) is 4.90. The maximum absolute atomic E-state index is 10.2. The molecule has 0 unspecified atom stereocenters. The van der Waals surface area contributed by atoms with Crippen molar-refractivity contribution in [2.24, 2.45) is 0 Å². The molecule has 0 bridgehead atoms. The lowest BCUT2D eigenvalue weighted by molar-refractivity contribution is 0.160. The number of hydrogen-bond donors (Lipinski definition) is 3. The van der Waals surface area contributed by atoms with Gasteiger partial charge in [-0.3, -0.25) is 0 Å². The van der Waals surface area contributed by atoms with E-state index in [0.29, 0.717) is 15.9 Å². The van der Waals surface area contributed by atoms with Gasteiger partial charge in [0.1, 0.15) is 0 Å². The molecule has 0 atom stereocenters. The molecule has 0 amide bonds. The molecule has 1 aliphatic rings. The average molecular weight is 485 g/mol. The molecule has 2 heterocycles. The summed E-state index contributed by atoms with van der Waals surface area (Å²) in [6.07, 6.45) is 2.07. The molecule has 2 aromatic carbocycles. The topological polar surface area (TPSA) is 81.5 Å². The van der Waals surface area contributed by atoms with Crippen molar-refractivity contribution in [3.05, 3.63) is 40.9 Å². The van der Waals surface area contributed by atoms with Crippen LogP contribution in [-0.2, 0) is 0 Å². The lowest BCUT2D eigenvalue weighted by Crippen LogP contribution is -2.62. The Balaban J connectivity index is 1.60. The minimum absolute atomic E-state index is 0.0629. The summed E-state index contributed by atoms with van der Waals surface area (Å²) in [5.74, 6) is 0.567. The number of rotatable bonds is 3. The first-order valence-corrected chi connectivity index (χ1v) is 11.3. The van der Waals surface area contributed by atoms with Crippen molar-refractivity contribution in [2.45, 2.75) is 57.7 Å². The molecule has 1 fully saturated rings. The highest BCUT2D eigenvalue weighted by Crippen LogP contribution is 2.41. The third-order valence-corrected chi connectivity index (χ3v) is 6.67. The van der Waals surface area contributed by atoms with Crippen molar-refractivity contribution in [3.63, 3.8) is 0 Å². The van der Waals surface area contributed by atoms with Crippen LogP contribution >= 0.6 is 15.9 Å². The molecule has 0 spiro atoms. The summed E-state index contributed by atoms with van der Waals surface area (Å²) in [5.41, 5.74) is 1.78. The van der Waals surface area contributed by atoms with Crippen LogP contribution in [0, 0.1) is 0 Å². The van der Waals surface area contributed by atoms with Crippen molar-refractivity contribution in [1.29, 1.82) is 0 Å². The standard InChI is InChI=1S/C24H29BrN4O2/c1-23(2)12-16(13-24(3,4)28-23)29(5)20-9-8-19(26-27-20)14-6-7-17-15(10-14)11-18(25)22(31)21(17)30/h6-11,16,28,30-31H,12-13H2,1-5H3. The molecular weight excluding hydrogens is 456 g/mol. The van der Waals surface area contributed by atoms with Crippen LogP contribution in [0.5, 0.6) is 11.5 Å². The monoisotopic (exact) mass is 484 g/mol. The Morgan fingerprint density at radius 2 is 1.65 bits per heavy atom. The Morgan fingerprint density at radius 1 is 0.968 bits per heavy atom. The van der Waals surface area contributed by atoms with Crippen LogP contribution in [0.15, 0.2) is 40.9 Å². The van der Waals surface area contributed by atoms with Gasteiger partial charge in [0.2, 0.25) is 0 Å². The van der Waals surface area contributed by atoms with E-state index in [-0.39, 0.29) is 22.6 Å². The Labute approximate surface area is 191 Å². The van der Waals surface area contributed by atoms with Crippen LogP contribution in [0.1, 0.15) is 40.5 Å². The number of nitrogens with zero attached hydrogens (tertiary/aromatic N) is 3. The maximum atomic E-state index is 10.2. The zero-order valence-electron chi connectivity index (χ0n) is 18.6. The van der Waals surface area contributed by atoms with Gasteiger partial charge in [0.25, 0.3) is 0 Å². The summed E-state index contributed by atoms with van der Waals surface area (Å²) < 4.78 is 0.450. The van der Waals surface area contributed by atoms with Gasteiger partial charge < -0.3 is 20.4 Å². The van der Waals surface area contributed by atoms with E-state index in [1.54, 1.807) is 12.1 Å². The van der Waals surface area contributed by atoms with Gasteiger partial charge in [-0.25, -0.2) is 0 Å². The minimum atomic E-state index is -0.156. The number of hydrogen-bond acceptors (Lipinski definition) is 6. The van der Waals surface area contributed by atoms with Crippen molar-refractivity contribution < 1.29 is 10.2 Å². The molecule has 4 rings (SSSR count). The van der Waals surface area contributed by atoms with E-state index in [1.807, 2.05) is 24.3 Å². The first-order chi connectivity index (χ1) is 14.5. The van der Waals surface area contributed by atoms with Crippen LogP contribution in [0.2, 0.25) is 0 Å². The van der Waals surface area contributed by atoms with Gasteiger partial charge in [-0.05, 0) is 92.2 Å². The first-order valence-electron chi connectivity index (χ1n) is 10.5. The lowest BCUT2D eigenvalue weighted by Gasteiger charge is -2.49. The summed E-state index contributed by atoms with van der Waals surface area (Å²) in [6, 6.07) is 11.7. The zero-order chi connectivity index (χ0) is 22.6. The molecule has 1 aliphatic heterocycles. The number of aromatic hydroxyl groups is 2. The average Bonchev–Trinajstić information content (AvgIpc) is 2.69. The van der Waals surface area contributed by atoms with Crippen molar-refractivity contribution >= 4 is 32.5 Å². The normalized spacial score (nSPS) is 18.3. The van der Waals surface area contributed by atoms with Crippen LogP contribution in [0.4, 0.5) is 5.82 Å². The van der Waals surface area contributed by atoms with Crippen LogP contribution in [0.3, 0.4) is 0 Å². The number of anilines is 1. The van der Waals surface area contributed by atoms with Crippen molar-refractivity contribution in [2.75, 3.05) is 11.9 Å². The van der Waals surface area contributed by atoms with Gasteiger partial charge in [-0.1, -0.05) is 6.07 Å². The predicted octanol–water partition coefficient (Wildman–Crippen LogP) is 5.22. The summed E-state index contributed by atoms with van der Waals surface area (Å²) in [5, 5.41) is 34.2. The Morgan fingerprint density at radius 3 is 2.26 bits per heavy atom. The summed E-state index contributed by atoms with van der Waals surface area (Å²) in [6.45, 7) is 9.00. The number of halogens is 1. The number of phenolic OH excluding ortho intramolecular Hbond substituents is 2. The number of aromatic nitrogens is 2. The molecule has 0 aliphatic carbocycles. The lowest BCUT2D eigenvalue weighted by atomic mass is 9.79. The third kappa shape index (κ3) is 4.34. The largest absolute Gasteiger partial charge is 0.504 e. The van der Waals surface area contributed by atoms with Gasteiger partial charge in [-0.15, -0.1) is 10.2 Å². The molecule has 6 nitrogen and oxygen atoms in total. The van der Waals surface area contributed by atoms with Crippen LogP contribution in [-0.4, -0.2) is 44.6 Å². The summed E-state index contributed by atoms with van der Waals surface area (Å²) >= 11 is 3.28. The predicted molar refractivity (Wildman–Crippen MR) is 129 cm³/mol. The smallest absolute Gasteiger partial charge is 0.172 e. The van der Waals surface area contributed by atoms with E-state index >= 15 is 0 Å². The van der Waals surface area contributed by atoms with E-state index < -0.39 is 0 Å². The quantitative estimate of drug-likeness (QED) is 0.442. The SMILES string of the molecule is CN(c1ccc(-c2ccc3c(O)c(O)c(Br)cc3c2)nn1)C1CC(C)(C)NC(C)(C)C1. The summed E-state index contributed by atoms with van der Waals surface area (Å²) in [7, 11) is 2.09. The molecule has 31 heavy (non-hydrogen) atoms. The fourth-order valence-corrected chi connectivity index (χ4v) is 5.33. The first kappa shape index (κ1) is 21.8. The van der Waals surface area contributed by atoms with Crippen molar-refractivity contribution in [3.8, 4) is 22.8 Å². The number of benzene rings is 2. The second-order valence-electron chi connectivity index (χ2n) is 9.83. The molecule has 1 saturated heterocycles. The second-order valence-corrected chi connectivity index (χ2v) is 10.7. The van der Waals surface area contributed by atoms with Gasteiger partial charge >= 0.3 is 0 Å². The van der Waals surface area contributed by atoms with E-state index in [4.69, 9.17) is 0 Å². The number of fused-ring (bicyclic) bond motifs is 1. The van der Waals surface area contributed by atoms with E-state index in [0.717, 1.165) is 35.3 Å². The van der Waals surface area contributed by atoms with Gasteiger partial charge in [0.15, 0.2) is 17.3 Å². The van der Waals surface area contributed by atoms with Crippen LogP contribution < -0.4 is 10.2 Å². The summed E-state index contributed by atoms with van der Waals surface area (Å²) in [4.78, 5) is 2.24. The molecule has 0 saturated carbocycles. The molecule has 164 valence electrons. The van der Waals surface area contributed by atoms with Gasteiger partial charge in [0, 0.05) is 35.1 Å². The fraction of sp³-hybridized carbons (Fsp3) is 0.417. The van der Waals surface area contributed by atoms with Crippen LogP contribution in [0.25, 0.3) is 22.0 Å². The van der Waals surface area contributed by atoms with Gasteiger partial charge in [0.05, 0.1) is 10.2 Å². The highest BCUT2D eigenvalue weighted by Gasteiger charge is 2.39. The molecule has 1 aromatic heterocycles. The van der Waals surface area contributed by atoms with Crippen molar-refractivity contribution in [1.82, 2.24) is 15.5 Å². The highest BCUT2D eigenvalue weighted by atomic mass is 79.9. The molecule has 0 radical (unpaired) electrons. The van der Waals surface area contributed by atoms with Gasteiger partial charge in [-0.2, -0.15) is 0 Å². The highest BCUT2D eigenvalue weighted by molar-refractivity contribution is 9.10. The zero-order valence-corrected chi connectivity index (χ0v) is 20.2. The molecule has 3 aromatic rings. The molecular formula is C24H29BrN4O2. The number of phenols is 2. The van der Waals surface area contributed by atoms with E-state index in [9.17, 15) is 10.2 Å². The Bertz CT molecular complexity index is 1110. The van der Waals surface area contributed by atoms with E-state index in [1.165, 1.54) is 0 Å². The Hall–Kier alpha value is -2.38. The minimum Gasteiger partial charge on any atom is -0.504 e. The maximum Gasteiger partial charge on any atom is 0.172 e. The Kier molecular flexibility index (Phi) is 5.38. The third-order valence-electron chi connectivity index (χ3n) is 6.06. The van der Waals surface area contributed by atoms with E-state index in [2.05, 4.69) is 71.1 Å².